The number of nitrogens with one attached hydrogen (secondary N) is 1. The molecule has 0 radical (unpaired) electrons. The molecule has 0 bridgehead atoms. The zero-order chi connectivity index (χ0) is 12.4. The van der Waals surface area contributed by atoms with E-state index in [0.29, 0.717) is 11.4 Å². The lowest BCUT2D eigenvalue weighted by molar-refractivity contribution is -0.125. The van der Waals surface area contributed by atoms with E-state index in [4.69, 9.17) is 10.6 Å². The Balaban J connectivity index is 2.35. The van der Waals surface area contributed by atoms with E-state index in [9.17, 15) is 9.59 Å². The fourth-order valence-corrected chi connectivity index (χ4v) is 1.67. The van der Waals surface area contributed by atoms with Crippen LogP contribution in [-0.2, 0) is 9.59 Å². The largest absolute Gasteiger partial charge is 0.482 e. The van der Waals surface area contributed by atoms with Gasteiger partial charge in [0.15, 0.2) is 6.61 Å². The van der Waals surface area contributed by atoms with E-state index < -0.39 is 5.91 Å². The maximum atomic E-state index is 11.7. The zero-order valence-electron chi connectivity index (χ0n) is 9.40. The Morgan fingerprint density at radius 2 is 2.35 bits per heavy atom. The van der Waals surface area contributed by atoms with Gasteiger partial charge in [0, 0.05) is 0 Å². The molecule has 0 aromatic heterocycles. The van der Waals surface area contributed by atoms with Crippen LogP contribution in [0.2, 0.25) is 0 Å². The smallest absolute Gasteiger partial charge is 0.265 e. The van der Waals surface area contributed by atoms with Gasteiger partial charge < -0.3 is 4.74 Å². The molecule has 17 heavy (non-hydrogen) atoms. The molecular formula is C11H13N3O3. The quantitative estimate of drug-likeness (QED) is 0.419. The number of anilines is 1. The Kier molecular flexibility index (Phi) is 2.97. The number of aryl methyl sites for hydroxylation is 1. The van der Waals surface area contributed by atoms with Crippen LogP contribution in [0.1, 0.15) is 5.56 Å². The number of hydrogen-bond acceptors (Lipinski definition) is 4. The number of carbonyl (C=O) groups is 2. The number of carbonyl (C=O) groups excluding carboxylic acids is 2. The van der Waals surface area contributed by atoms with E-state index in [2.05, 4.69) is 0 Å². The van der Waals surface area contributed by atoms with Gasteiger partial charge in [0.25, 0.3) is 11.8 Å². The normalized spacial score (nSPS) is 14.0. The van der Waals surface area contributed by atoms with Crippen molar-refractivity contribution in [3.05, 3.63) is 23.8 Å². The first kappa shape index (κ1) is 11.4. The molecule has 6 nitrogen and oxygen atoms in total. The molecule has 0 atom stereocenters. The number of benzene rings is 1. The van der Waals surface area contributed by atoms with Gasteiger partial charge in [0.05, 0.1) is 5.69 Å². The summed E-state index contributed by atoms with van der Waals surface area (Å²) in [5, 5.41) is 0. The second-order valence-electron chi connectivity index (χ2n) is 3.81. The molecule has 1 aliphatic rings. The van der Waals surface area contributed by atoms with Crippen LogP contribution >= 0.6 is 0 Å². The van der Waals surface area contributed by atoms with Crippen LogP contribution in [-0.4, -0.2) is 25.0 Å². The molecule has 0 spiro atoms. The van der Waals surface area contributed by atoms with E-state index >= 15 is 0 Å². The highest BCUT2D eigenvalue weighted by Gasteiger charge is 2.26. The number of ether oxygens (including phenoxy) is 1. The van der Waals surface area contributed by atoms with Crippen LogP contribution in [0, 0.1) is 6.92 Å². The molecule has 6 heteroatoms. The van der Waals surface area contributed by atoms with Gasteiger partial charge >= 0.3 is 0 Å². The molecule has 2 rings (SSSR count). The Morgan fingerprint density at radius 1 is 1.59 bits per heavy atom. The number of nitrogens with two attached hydrogens (primary N) is 1. The Hall–Kier alpha value is -2.08. The van der Waals surface area contributed by atoms with Crippen molar-refractivity contribution in [1.82, 2.24) is 5.43 Å². The lowest BCUT2D eigenvalue weighted by atomic mass is 10.1. The molecule has 1 aliphatic heterocycles. The summed E-state index contributed by atoms with van der Waals surface area (Å²) >= 11 is 0. The van der Waals surface area contributed by atoms with Crippen molar-refractivity contribution >= 4 is 17.5 Å². The number of nitrogens with zero attached hydrogens (tertiary/aromatic N) is 1. The van der Waals surface area contributed by atoms with Crippen LogP contribution < -0.4 is 20.9 Å². The van der Waals surface area contributed by atoms with Crippen molar-refractivity contribution in [2.75, 3.05) is 18.1 Å². The molecule has 0 aliphatic carbocycles. The average molecular weight is 235 g/mol. The highest BCUT2D eigenvalue weighted by Crippen LogP contribution is 2.32. The highest BCUT2D eigenvalue weighted by molar-refractivity contribution is 6.02. The van der Waals surface area contributed by atoms with Crippen LogP contribution in [0.4, 0.5) is 5.69 Å². The molecule has 0 fully saturated rings. The second-order valence-corrected chi connectivity index (χ2v) is 3.81. The fourth-order valence-electron chi connectivity index (χ4n) is 1.67. The van der Waals surface area contributed by atoms with Crippen molar-refractivity contribution in [2.45, 2.75) is 6.92 Å². The Morgan fingerprint density at radius 3 is 3.06 bits per heavy atom. The lowest BCUT2D eigenvalue weighted by Gasteiger charge is -2.28. The zero-order valence-corrected chi connectivity index (χ0v) is 9.40. The van der Waals surface area contributed by atoms with E-state index in [1.807, 2.05) is 18.4 Å². The standard InChI is InChI=1S/C11H13N3O3/c1-7-2-3-9-8(4-7)14(5-10(15)13-12)11(16)6-17-9/h2-4H,5-6,12H2,1H3,(H,13,15). The number of hydrazine groups is 1. The van der Waals surface area contributed by atoms with Crippen molar-refractivity contribution in [3.63, 3.8) is 0 Å². The molecule has 1 aromatic carbocycles. The van der Waals surface area contributed by atoms with Gasteiger partial charge in [0.1, 0.15) is 12.3 Å². The van der Waals surface area contributed by atoms with Crippen LogP contribution in [0.5, 0.6) is 5.75 Å². The Labute approximate surface area is 98.3 Å². The molecule has 0 saturated heterocycles. The molecule has 1 heterocycles. The third kappa shape index (κ3) is 2.21. The molecular weight excluding hydrogens is 222 g/mol. The summed E-state index contributed by atoms with van der Waals surface area (Å²) in [5.41, 5.74) is 3.59. The molecule has 0 saturated carbocycles. The lowest BCUT2D eigenvalue weighted by Crippen LogP contribution is -2.46. The maximum absolute atomic E-state index is 11.7. The van der Waals surface area contributed by atoms with E-state index in [0.717, 1.165) is 5.56 Å². The summed E-state index contributed by atoms with van der Waals surface area (Å²) in [4.78, 5) is 24.3. The van der Waals surface area contributed by atoms with E-state index in [1.165, 1.54) is 4.90 Å². The van der Waals surface area contributed by atoms with Gasteiger partial charge in [-0.15, -0.1) is 0 Å². The van der Waals surface area contributed by atoms with Crippen molar-refractivity contribution in [1.29, 1.82) is 0 Å². The first-order chi connectivity index (χ1) is 8.11. The van der Waals surface area contributed by atoms with Gasteiger partial charge in [-0.25, -0.2) is 5.84 Å². The maximum Gasteiger partial charge on any atom is 0.265 e. The van der Waals surface area contributed by atoms with Gasteiger partial charge in [-0.2, -0.15) is 0 Å². The SMILES string of the molecule is Cc1ccc2c(c1)N(CC(=O)NN)C(=O)CO2. The number of amides is 2. The fraction of sp³-hybridized carbons (Fsp3) is 0.273. The molecule has 1 aromatic rings. The first-order valence-corrected chi connectivity index (χ1v) is 5.15. The first-order valence-electron chi connectivity index (χ1n) is 5.15. The van der Waals surface area contributed by atoms with Crippen LogP contribution in [0.25, 0.3) is 0 Å². The van der Waals surface area contributed by atoms with Crippen molar-refractivity contribution in [3.8, 4) is 5.75 Å². The molecule has 2 amide bonds. The minimum absolute atomic E-state index is 0.0616. The minimum atomic E-state index is -0.423. The molecule has 0 unspecified atom stereocenters. The van der Waals surface area contributed by atoms with Crippen molar-refractivity contribution < 1.29 is 14.3 Å². The molecule has 90 valence electrons. The summed E-state index contributed by atoms with van der Waals surface area (Å²) in [7, 11) is 0. The van der Waals surface area contributed by atoms with Crippen LogP contribution in [0.15, 0.2) is 18.2 Å². The van der Waals surface area contributed by atoms with Gasteiger partial charge in [0.2, 0.25) is 0 Å². The van der Waals surface area contributed by atoms with Crippen LogP contribution in [0.3, 0.4) is 0 Å². The number of fused-ring (bicyclic) bond motifs is 1. The summed E-state index contributed by atoms with van der Waals surface area (Å²) in [6.45, 7) is 1.74. The number of rotatable bonds is 2. The molecule has 3 N–H and O–H groups in total. The predicted molar refractivity (Wildman–Crippen MR) is 61.4 cm³/mol. The van der Waals surface area contributed by atoms with Gasteiger partial charge in [-0.05, 0) is 24.6 Å². The topological polar surface area (TPSA) is 84.7 Å². The minimum Gasteiger partial charge on any atom is -0.482 e. The van der Waals surface area contributed by atoms with E-state index in [-0.39, 0.29) is 19.1 Å². The third-order valence-electron chi connectivity index (χ3n) is 2.52. The summed E-state index contributed by atoms with van der Waals surface area (Å²) in [6, 6.07) is 5.47. The third-order valence-corrected chi connectivity index (χ3v) is 2.52. The summed E-state index contributed by atoms with van der Waals surface area (Å²) in [6.07, 6.45) is 0. The Bertz CT molecular complexity index is 473. The monoisotopic (exact) mass is 235 g/mol. The predicted octanol–water partition coefficient (Wildman–Crippen LogP) is -0.290. The highest BCUT2D eigenvalue weighted by atomic mass is 16.5. The summed E-state index contributed by atoms with van der Waals surface area (Å²) < 4.78 is 5.28. The van der Waals surface area contributed by atoms with Crippen molar-refractivity contribution in [2.24, 2.45) is 5.84 Å². The van der Waals surface area contributed by atoms with E-state index in [1.54, 1.807) is 12.1 Å². The number of hydrogen-bond donors (Lipinski definition) is 2. The second kappa shape index (κ2) is 4.42. The summed E-state index contributed by atoms with van der Waals surface area (Å²) in [5.74, 6) is 4.93. The average Bonchev–Trinajstić information content (AvgIpc) is 2.32. The van der Waals surface area contributed by atoms with Gasteiger partial charge in [-0.1, -0.05) is 6.07 Å². The van der Waals surface area contributed by atoms with Gasteiger partial charge in [-0.3, -0.25) is 19.9 Å².